The molecule has 2 atom stereocenters. The fraction of sp³-hybridized carbons (Fsp3) is 0.647. The molecule has 0 saturated heterocycles. The summed E-state index contributed by atoms with van der Waals surface area (Å²) in [4.78, 5) is 50.9. The highest BCUT2D eigenvalue weighted by Crippen LogP contribution is 2.01. The number of aldehydes is 1. The standard InChI is InChI=1S/C17H32N8O5/c1-2-30-17(29)25-12(6-4-8-22-16(20)21)15(28)23-9-14(27)24-11(10-26)5-3-7-13(18)19/h10-12H,2-9H2,1H3,(H3,18,19)(H,23,28)(H,24,27)(H,25,29)(H4,20,21,22)/t11-,12+/m0/s1. The van der Waals surface area contributed by atoms with Crippen LogP contribution in [0.1, 0.15) is 39.0 Å². The number of guanidine groups is 1. The zero-order valence-corrected chi connectivity index (χ0v) is 17.1. The van der Waals surface area contributed by atoms with Gasteiger partial charge in [-0.25, -0.2) is 4.79 Å². The summed E-state index contributed by atoms with van der Waals surface area (Å²) in [6, 6.07) is -1.70. The van der Waals surface area contributed by atoms with Crippen molar-refractivity contribution in [3.63, 3.8) is 0 Å². The number of nitrogens with zero attached hydrogens (tertiary/aromatic N) is 1. The summed E-state index contributed by atoms with van der Waals surface area (Å²) in [5.41, 5.74) is 15.7. The highest BCUT2D eigenvalue weighted by atomic mass is 16.5. The Kier molecular flexibility index (Phi) is 13.8. The minimum absolute atomic E-state index is 0.00165. The zero-order chi connectivity index (χ0) is 22.9. The van der Waals surface area contributed by atoms with Crippen LogP contribution in [0.15, 0.2) is 4.99 Å². The predicted octanol–water partition coefficient (Wildman–Crippen LogP) is -1.94. The Morgan fingerprint density at radius 1 is 1.13 bits per heavy atom. The fourth-order valence-corrected chi connectivity index (χ4v) is 2.32. The monoisotopic (exact) mass is 428 g/mol. The molecule has 0 radical (unpaired) electrons. The van der Waals surface area contributed by atoms with E-state index in [1.54, 1.807) is 6.92 Å². The van der Waals surface area contributed by atoms with Crippen LogP contribution >= 0.6 is 0 Å². The molecule has 3 amide bonds. The van der Waals surface area contributed by atoms with Gasteiger partial charge < -0.3 is 42.7 Å². The molecule has 0 fully saturated rings. The Hall–Kier alpha value is -3.38. The summed E-state index contributed by atoms with van der Waals surface area (Å²) in [6.07, 6.45) is 1.53. The van der Waals surface area contributed by atoms with Crippen molar-refractivity contribution < 1.29 is 23.9 Å². The molecular weight excluding hydrogens is 396 g/mol. The van der Waals surface area contributed by atoms with Crippen molar-refractivity contribution in [3.8, 4) is 0 Å². The molecule has 0 saturated carbocycles. The average molecular weight is 428 g/mol. The molecule has 0 heterocycles. The summed E-state index contributed by atoms with van der Waals surface area (Å²) in [5, 5.41) is 14.4. The topological polar surface area (TPSA) is 228 Å². The predicted molar refractivity (Wildman–Crippen MR) is 111 cm³/mol. The number of nitrogens with one attached hydrogen (secondary N) is 4. The Morgan fingerprint density at radius 3 is 2.40 bits per heavy atom. The second-order valence-corrected chi connectivity index (χ2v) is 6.31. The van der Waals surface area contributed by atoms with Gasteiger partial charge in [-0.1, -0.05) is 0 Å². The minimum atomic E-state index is -0.955. The molecule has 0 aromatic heterocycles. The van der Waals surface area contributed by atoms with Crippen molar-refractivity contribution in [2.75, 3.05) is 19.7 Å². The van der Waals surface area contributed by atoms with Crippen LogP contribution in [-0.4, -0.2) is 67.8 Å². The Labute approximate surface area is 175 Å². The lowest BCUT2D eigenvalue weighted by Crippen LogP contribution is -2.50. The van der Waals surface area contributed by atoms with E-state index in [4.69, 9.17) is 27.3 Å². The van der Waals surface area contributed by atoms with Gasteiger partial charge in [0.2, 0.25) is 11.8 Å². The number of amidine groups is 1. The highest BCUT2D eigenvalue weighted by Gasteiger charge is 2.22. The van der Waals surface area contributed by atoms with Crippen LogP contribution in [0.5, 0.6) is 0 Å². The third-order valence-corrected chi connectivity index (χ3v) is 3.72. The van der Waals surface area contributed by atoms with Crippen LogP contribution < -0.4 is 33.2 Å². The van der Waals surface area contributed by atoms with Gasteiger partial charge in [-0.2, -0.15) is 0 Å². The van der Waals surface area contributed by atoms with Gasteiger partial charge in [0.25, 0.3) is 0 Å². The molecule has 0 aromatic rings. The minimum Gasteiger partial charge on any atom is -0.450 e. The van der Waals surface area contributed by atoms with Crippen LogP contribution in [-0.2, 0) is 19.1 Å². The third-order valence-electron chi connectivity index (χ3n) is 3.72. The van der Waals surface area contributed by atoms with E-state index >= 15 is 0 Å². The number of rotatable bonds is 15. The fourth-order valence-electron chi connectivity index (χ4n) is 2.32. The maximum atomic E-state index is 12.4. The van der Waals surface area contributed by atoms with E-state index in [1.807, 2.05) is 0 Å². The van der Waals surface area contributed by atoms with E-state index in [1.165, 1.54) is 0 Å². The van der Waals surface area contributed by atoms with E-state index in [9.17, 15) is 19.2 Å². The van der Waals surface area contributed by atoms with Crippen molar-refractivity contribution in [2.45, 2.75) is 51.1 Å². The molecule has 0 unspecified atom stereocenters. The van der Waals surface area contributed by atoms with Crippen molar-refractivity contribution in [2.24, 2.45) is 22.2 Å². The number of ether oxygens (including phenoxy) is 1. The molecule has 0 aliphatic carbocycles. The van der Waals surface area contributed by atoms with Gasteiger partial charge in [-0.05, 0) is 32.6 Å². The molecule has 0 rings (SSSR count). The number of nitrogens with two attached hydrogens (primary N) is 3. The van der Waals surface area contributed by atoms with E-state index in [2.05, 4.69) is 20.9 Å². The number of amides is 3. The largest absolute Gasteiger partial charge is 0.450 e. The third kappa shape index (κ3) is 13.7. The molecule has 0 spiro atoms. The van der Waals surface area contributed by atoms with Gasteiger partial charge in [0.05, 0.1) is 25.0 Å². The maximum Gasteiger partial charge on any atom is 0.407 e. The molecule has 0 bridgehead atoms. The zero-order valence-electron chi connectivity index (χ0n) is 17.1. The van der Waals surface area contributed by atoms with Gasteiger partial charge in [-0.15, -0.1) is 0 Å². The van der Waals surface area contributed by atoms with Gasteiger partial charge in [0, 0.05) is 13.0 Å². The van der Waals surface area contributed by atoms with Crippen LogP contribution in [0, 0.1) is 5.41 Å². The number of aliphatic imine (C=N–C) groups is 1. The lowest BCUT2D eigenvalue weighted by Gasteiger charge is -2.18. The lowest BCUT2D eigenvalue weighted by atomic mass is 10.1. The van der Waals surface area contributed by atoms with Gasteiger partial charge in [-0.3, -0.25) is 20.0 Å². The molecule has 10 N–H and O–H groups in total. The van der Waals surface area contributed by atoms with Gasteiger partial charge >= 0.3 is 6.09 Å². The van der Waals surface area contributed by atoms with E-state index in [0.717, 1.165) is 0 Å². The summed E-state index contributed by atoms with van der Waals surface area (Å²) in [6.45, 7) is 1.63. The molecule has 0 aromatic carbocycles. The van der Waals surface area contributed by atoms with E-state index < -0.39 is 30.0 Å². The first-order valence-corrected chi connectivity index (χ1v) is 9.53. The first kappa shape index (κ1) is 26.6. The Balaban J connectivity index is 4.61. The normalized spacial score (nSPS) is 12.0. The van der Waals surface area contributed by atoms with Gasteiger partial charge in [0.1, 0.15) is 12.3 Å². The molecule has 30 heavy (non-hydrogen) atoms. The SMILES string of the molecule is CCOC(=O)N[C@H](CCCN=C(N)N)C(=O)NCC(=O)N[C@H](C=O)CCCC(=N)N. The number of hydrogen-bond donors (Lipinski definition) is 7. The van der Waals surface area contributed by atoms with Crippen LogP contribution in [0.2, 0.25) is 0 Å². The number of alkyl carbamates (subject to hydrolysis) is 1. The molecule has 13 heteroatoms. The Morgan fingerprint density at radius 2 is 1.83 bits per heavy atom. The smallest absolute Gasteiger partial charge is 0.407 e. The quantitative estimate of drug-likeness (QED) is 0.0669. The number of hydrogen-bond acceptors (Lipinski definition) is 7. The van der Waals surface area contributed by atoms with Crippen LogP contribution in [0.4, 0.5) is 4.79 Å². The summed E-state index contributed by atoms with van der Waals surface area (Å²) >= 11 is 0. The van der Waals surface area contributed by atoms with Crippen LogP contribution in [0.25, 0.3) is 0 Å². The van der Waals surface area contributed by atoms with Gasteiger partial charge in [0.15, 0.2) is 5.96 Å². The molecule has 0 aliphatic heterocycles. The highest BCUT2D eigenvalue weighted by molar-refractivity contribution is 5.90. The summed E-state index contributed by atoms with van der Waals surface area (Å²) in [7, 11) is 0. The second kappa shape index (κ2) is 15.5. The Bertz CT molecular complexity index is 621. The van der Waals surface area contributed by atoms with E-state index in [0.29, 0.717) is 32.0 Å². The first-order valence-electron chi connectivity index (χ1n) is 9.53. The molecule has 13 nitrogen and oxygen atoms in total. The molecular formula is C17H32N8O5. The summed E-state index contributed by atoms with van der Waals surface area (Å²) < 4.78 is 4.77. The summed E-state index contributed by atoms with van der Waals surface area (Å²) in [5.74, 6) is -1.25. The molecule has 170 valence electrons. The average Bonchev–Trinajstić information content (AvgIpc) is 2.67. The van der Waals surface area contributed by atoms with Crippen molar-refractivity contribution in [3.05, 3.63) is 0 Å². The number of carbonyl (C=O) groups excluding carboxylic acids is 4. The first-order chi connectivity index (χ1) is 14.2. The number of carbonyl (C=O) groups is 4. The molecule has 0 aliphatic rings. The second-order valence-electron chi connectivity index (χ2n) is 6.31. The maximum absolute atomic E-state index is 12.4. The van der Waals surface area contributed by atoms with Crippen molar-refractivity contribution >= 4 is 36.0 Å². The van der Waals surface area contributed by atoms with Crippen molar-refractivity contribution in [1.82, 2.24) is 16.0 Å². The lowest BCUT2D eigenvalue weighted by molar-refractivity contribution is -0.128. The van der Waals surface area contributed by atoms with E-state index in [-0.39, 0.29) is 37.9 Å². The van der Waals surface area contributed by atoms with Crippen molar-refractivity contribution in [1.29, 1.82) is 5.41 Å². The van der Waals surface area contributed by atoms with Crippen LogP contribution in [0.3, 0.4) is 0 Å².